The Balaban J connectivity index is 2.08. The van der Waals surface area contributed by atoms with Crippen LogP contribution in [0.5, 0.6) is 0 Å². The van der Waals surface area contributed by atoms with Crippen LogP contribution in [0.25, 0.3) is 0 Å². The standard InChI is InChI=1S/C14H16BrNO3S2/c1-10-11(9-17)3-2-4-13(10)21(18,19)16-8-7-12-5-6-14(15)20-12/h2-6,16-17H,7-9H2,1H3. The molecule has 0 aliphatic heterocycles. The Bertz CT molecular complexity index is 726. The Kier molecular flexibility index (Phi) is 5.56. The van der Waals surface area contributed by atoms with Crippen LogP contribution in [0.4, 0.5) is 0 Å². The summed E-state index contributed by atoms with van der Waals surface area (Å²) in [6.45, 7) is 1.88. The van der Waals surface area contributed by atoms with Crippen LogP contribution in [0.2, 0.25) is 0 Å². The maximum Gasteiger partial charge on any atom is 0.240 e. The first kappa shape index (κ1) is 16.6. The Hall–Kier alpha value is -0.730. The van der Waals surface area contributed by atoms with Gasteiger partial charge in [-0.25, -0.2) is 13.1 Å². The number of rotatable bonds is 6. The first-order chi connectivity index (χ1) is 9.94. The van der Waals surface area contributed by atoms with E-state index in [2.05, 4.69) is 20.7 Å². The number of thiophene rings is 1. The zero-order chi connectivity index (χ0) is 15.5. The van der Waals surface area contributed by atoms with Crippen molar-refractivity contribution >= 4 is 37.3 Å². The predicted octanol–water partition coefficient (Wildman–Crippen LogP) is 2.83. The highest BCUT2D eigenvalue weighted by atomic mass is 79.9. The molecule has 2 aromatic rings. The molecule has 0 amide bonds. The average molecular weight is 390 g/mol. The fourth-order valence-corrected chi connectivity index (χ4v) is 4.80. The summed E-state index contributed by atoms with van der Waals surface area (Å²) in [7, 11) is -3.56. The molecule has 2 rings (SSSR count). The molecule has 1 heterocycles. The van der Waals surface area contributed by atoms with Crippen LogP contribution >= 0.6 is 27.3 Å². The Labute approximate surface area is 137 Å². The zero-order valence-corrected chi connectivity index (χ0v) is 14.7. The smallest absolute Gasteiger partial charge is 0.240 e. The van der Waals surface area contributed by atoms with Gasteiger partial charge in [-0.15, -0.1) is 11.3 Å². The summed E-state index contributed by atoms with van der Waals surface area (Å²) in [5.74, 6) is 0. The molecule has 1 aromatic carbocycles. The molecule has 21 heavy (non-hydrogen) atoms. The van der Waals surface area contributed by atoms with Crippen molar-refractivity contribution in [1.82, 2.24) is 4.72 Å². The fraction of sp³-hybridized carbons (Fsp3) is 0.286. The SMILES string of the molecule is Cc1c(CO)cccc1S(=O)(=O)NCCc1ccc(Br)s1. The molecule has 0 saturated heterocycles. The normalized spacial score (nSPS) is 11.8. The second-order valence-corrected chi connectivity index (χ2v) is 8.83. The van der Waals surface area contributed by atoms with E-state index in [1.807, 2.05) is 12.1 Å². The van der Waals surface area contributed by atoms with Crippen molar-refractivity contribution in [3.8, 4) is 0 Å². The molecule has 7 heteroatoms. The molecule has 1 aromatic heterocycles. The third-order valence-corrected chi connectivity index (χ3v) is 6.44. The van der Waals surface area contributed by atoms with Crippen molar-refractivity contribution < 1.29 is 13.5 Å². The van der Waals surface area contributed by atoms with E-state index < -0.39 is 10.0 Å². The third-order valence-electron chi connectivity index (χ3n) is 3.15. The summed E-state index contributed by atoms with van der Waals surface area (Å²) in [5, 5.41) is 9.22. The topological polar surface area (TPSA) is 66.4 Å². The minimum Gasteiger partial charge on any atom is -0.392 e. The van der Waals surface area contributed by atoms with Crippen molar-refractivity contribution in [1.29, 1.82) is 0 Å². The number of aliphatic hydroxyl groups is 1. The summed E-state index contributed by atoms with van der Waals surface area (Å²) in [5.41, 5.74) is 1.21. The average Bonchev–Trinajstić information content (AvgIpc) is 2.84. The molecule has 0 bridgehead atoms. The molecule has 0 radical (unpaired) electrons. The number of hydrogen-bond acceptors (Lipinski definition) is 4. The van der Waals surface area contributed by atoms with Crippen LogP contribution in [0.3, 0.4) is 0 Å². The summed E-state index contributed by atoms with van der Waals surface area (Å²) < 4.78 is 28.3. The van der Waals surface area contributed by atoms with Gasteiger partial charge in [-0.1, -0.05) is 12.1 Å². The molecule has 2 N–H and O–H groups in total. The second-order valence-electron chi connectivity index (χ2n) is 4.55. The number of halogens is 1. The summed E-state index contributed by atoms with van der Waals surface area (Å²) in [6.07, 6.45) is 0.647. The maximum atomic E-state index is 12.3. The van der Waals surface area contributed by atoms with Gasteiger partial charge in [0.1, 0.15) is 0 Å². The van der Waals surface area contributed by atoms with Crippen molar-refractivity contribution in [2.24, 2.45) is 0 Å². The summed E-state index contributed by atoms with van der Waals surface area (Å²) >= 11 is 4.97. The lowest BCUT2D eigenvalue weighted by Gasteiger charge is -2.11. The molecular formula is C14H16BrNO3S2. The van der Waals surface area contributed by atoms with Crippen molar-refractivity contribution in [2.45, 2.75) is 24.8 Å². The molecule has 114 valence electrons. The number of hydrogen-bond donors (Lipinski definition) is 2. The van der Waals surface area contributed by atoms with Gasteiger partial charge in [0.25, 0.3) is 0 Å². The molecule has 0 saturated carbocycles. The third kappa shape index (κ3) is 4.14. The van der Waals surface area contributed by atoms with E-state index >= 15 is 0 Å². The van der Waals surface area contributed by atoms with Gasteiger partial charge in [-0.3, -0.25) is 0 Å². The van der Waals surface area contributed by atoms with E-state index in [0.29, 0.717) is 24.1 Å². The van der Waals surface area contributed by atoms with Crippen LogP contribution in [0.1, 0.15) is 16.0 Å². The van der Waals surface area contributed by atoms with Crippen LogP contribution in [0.15, 0.2) is 39.0 Å². The minimum absolute atomic E-state index is 0.168. The van der Waals surface area contributed by atoms with Crippen LogP contribution in [0, 0.1) is 6.92 Å². The first-order valence-corrected chi connectivity index (χ1v) is 9.46. The van der Waals surface area contributed by atoms with Crippen molar-refractivity contribution in [2.75, 3.05) is 6.54 Å². The van der Waals surface area contributed by atoms with Gasteiger partial charge in [0.2, 0.25) is 10.0 Å². The fourth-order valence-electron chi connectivity index (χ4n) is 1.99. The van der Waals surface area contributed by atoms with Crippen LogP contribution in [-0.2, 0) is 23.1 Å². The van der Waals surface area contributed by atoms with Crippen molar-refractivity contribution in [3.63, 3.8) is 0 Å². The van der Waals surface area contributed by atoms with Gasteiger partial charge >= 0.3 is 0 Å². The van der Waals surface area contributed by atoms with Gasteiger partial charge in [-0.2, -0.15) is 0 Å². The van der Waals surface area contributed by atoms with Gasteiger partial charge in [0.15, 0.2) is 0 Å². The molecule has 0 fully saturated rings. The highest BCUT2D eigenvalue weighted by molar-refractivity contribution is 9.11. The predicted molar refractivity (Wildman–Crippen MR) is 88.0 cm³/mol. The van der Waals surface area contributed by atoms with Gasteiger partial charge in [0, 0.05) is 11.4 Å². The molecule has 0 spiro atoms. The lowest BCUT2D eigenvalue weighted by molar-refractivity contribution is 0.280. The van der Waals surface area contributed by atoms with E-state index in [4.69, 9.17) is 0 Å². The molecule has 0 atom stereocenters. The van der Waals surface area contributed by atoms with Crippen molar-refractivity contribution in [3.05, 3.63) is 50.1 Å². The van der Waals surface area contributed by atoms with E-state index in [0.717, 1.165) is 8.66 Å². The maximum absolute atomic E-state index is 12.3. The number of benzene rings is 1. The van der Waals surface area contributed by atoms with E-state index in [9.17, 15) is 13.5 Å². The molecule has 0 aliphatic rings. The lowest BCUT2D eigenvalue weighted by atomic mass is 10.1. The quantitative estimate of drug-likeness (QED) is 0.797. The lowest BCUT2D eigenvalue weighted by Crippen LogP contribution is -2.26. The monoisotopic (exact) mass is 389 g/mol. The molecule has 4 nitrogen and oxygen atoms in total. The summed E-state index contributed by atoms with van der Waals surface area (Å²) in [4.78, 5) is 1.34. The Morgan fingerprint density at radius 1 is 1.29 bits per heavy atom. The molecule has 0 aliphatic carbocycles. The second kappa shape index (κ2) is 7.02. The zero-order valence-electron chi connectivity index (χ0n) is 11.5. The highest BCUT2D eigenvalue weighted by Gasteiger charge is 2.17. The van der Waals surface area contributed by atoms with E-state index in [1.165, 1.54) is 0 Å². The van der Waals surface area contributed by atoms with E-state index in [1.54, 1.807) is 36.5 Å². The molecule has 0 unspecified atom stereocenters. The highest BCUT2D eigenvalue weighted by Crippen LogP contribution is 2.22. The number of sulfonamides is 1. The number of nitrogens with one attached hydrogen (secondary N) is 1. The van der Waals surface area contributed by atoms with Gasteiger partial charge < -0.3 is 5.11 Å². The van der Waals surface area contributed by atoms with Gasteiger partial charge in [-0.05, 0) is 58.6 Å². The number of aliphatic hydroxyl groups excluding tert-OH is 1. The van der Waals surface area contributed by atoms with Crippen LogP contribution < -0.4 is 4.72 Å². The van der Waals surface area contributed by atoms with Crippen LogP contribution in [-0.4, -0.2) is 20.1 Å². The van der Waals surface area contributed by atoms with Gasteiger partial charge in [0.05, 0.1) is 15.3 Å². The Morgan fingerprint density at radius 2 is 2.05 bits per heavy atom. The largest absolute Gasteiger partial charge is 0.392 e. The minimum atomic E-state index is -3.56. The summed E-state index contributed by atoms with van der Waals surface area (Å²) in [6, 6.07) is 8.84. The molecular weight excluding hydrogens is 374 g/mol. The Morgan fingerprint density at radius 3 is 2.67 bits per heavy atom. The van der Waals surface area contributed by atoms with E-state index in [-0.39, 0.29) is 11.5 Å². The first-order valence-electron chi connectivity index (χ1n) is 6.37.